The highest BCUT2D eigenvalue weighted by Gasteiger charge is 2.21. The van der Waals surface area contributed by atoms with Crippen LogP contribution in [0.2, 0.25) is 0 Å². The maximum atomic E-state index is 5.76. The van der Waals surface area contributed by atoms with E-state index in [4.69, 9.17) is 5.73 Å². The molecule has 1 saturated carbocycles. The van der Waals surface area contributed by atoms with Crippen LogP contribution in [0.15, 0.2) is 18.2 Å². The lowest BCUT2D eigenvalue weighted by molar-refractivity contribution is 0.200. The van der Waals surface area contributed by atoms with E-state index in [0.29, 0.717) is 5.13 Å². The molecule has 0 aliphatic heterocycles. The number of benzene rings is 1. The molecule has 3 rings (SSSR count). The van der Waals surface area contributed by atoms with Gasteiger partial charge in [0.05, 0.1) is 10.2 Å². The quantitative estimate of drug-likeness (QED) is 0.926. The summed E-state index contributed by atoms with van der Waals surface area (Å²) in [7, 11) is 0. The lowest BCUT2D eigenvalue weighted by atomic mass is 10.1. The second kappa shape index (κ2) is 5.47. The monoisotopic (exact) mass is 275 g/mol. The topological polar surface area (TPSA) is 42.2 Å². The van der Waals surface area contributed by atoms with Crippen molar-refractivity contribution in [1.82, 2.24) is 9.88 Å². The standard InChI is InChI=1S/C15H21N3S/c1-2-18(12-5-3-4-6-12)10-11-7-8-13-14(9-11)19-15(16)17-13/h7-9,12H,2-6,10H2,1H3,(H2,16,17). The highest BCUT2D eigenvalue weighted by molar-refractivity contribution is 7.22. The molecule has 1 aromatic carbocycles. The Balaban J connectivity index is 1.78. The fourth-order valence-corrected chi connectivity index (χ4v) is 3.89. The van der Waals surface area contributed by atoms with E-state index in [-0.39, 0.29) is 0 Å². The second-order valence-corrected chi connectivity index (χ2v) is 6.42. The number of fused-ring (bicyclic) bond motifs is 1. The van der Waals surface area contributed by atoms with Crippen molar-refractivity contribution in [3.8, 4) is 0 Å². The van der Waals surface area contributed by atoms with Crippen molar-refractivity contribution in [3.63, 3.8) is 0 Å². The van der Waals surface area contributed by atoms with Crippen molar-refractivity contribution in [2.24, 2.45) is 0 Å². The Morgan fingerprint density at radius 1 is 1.37 bits per heavy atom. The van der Waals surface area contributed by atoms with Crippen molar-refractivity contribution < 1.29 is 0 Å². The zero-order chi connectivity index (χ0) is 13.2. The lowest BCUT2D eigenvalue weighted by Gasteiger charge is -2.27. The summed E-state index contributed by atoms with van der Waals surface area (Å²) >= 11 is 1.58. The van der Waals surface area contributed by atoms with Crippen LogP contribution in [0.4, 0.5) is 5.13 Å². The fourth-order valence-electron chi connectivity index (χ4n) is 3.09. The highest BCUT2D eigenvalue weighted by Crippen LogP contribution is 2.27. The Kier molecular flexibility index (Phi) is 3.71. The van der Waals surface area contributed by atoms with Gasteiger partial charge in [0.1, 0.15) is 0 Å². The number of thiazole rings is 1. The Labute approximate surface area is 118 Å². The summed E-state index contributed by atoms with van der Waals surface area (Å²) in [6.45, 7) is 4.45. The number of nitrogens with zero attached hydrogens (tertiary/aromatic N) is 2. The van der Waals surface area contributed by atoms with E-state index >= 15 is 0 Å². The first-order chi connectivity index (χ1) is 9.26. The summed E-state index contributed by atoms with van der Waals surface area (Å²) in [6, 6.07) is 7.33. The van der Waals surface area contributed by atoms with Gasteiger partial charge in [0.25, 0.3) is 0 Å². The van der Waals surface area contributed by atoms with E-state index in [9.17, 15) is 0 Å². The minimum absolute atomic E-state index is 0.662. The molecule has 19 heavy (non-hydrogen) atoms. The average molecular weight is 275 g/mol. The Morgan fingerprint density at radius 3 is 2.89 bits per heavy atom. The molecule has 2 N–H and O–H groups in total. The van der Waals surface area contributed by atoms with Gasteiger partial charge in [0.2, 0.25) is 0 Å². The van der Waals surface area contributed by atoms with Gasteiger partial charge in [-0.1, -0.05) is 37.2 Å². The van der Waals surface area contributed by atoms with Crippen molar-refractivity contribution >= 4 is 26.7 Å². The summed E-state index contributed by atoms with van der Waals surface area (Å²) < 4.78 is 1.21. The zero-order valence-electron chi connectivity index (χ0n) is 11.4. The van der Waals surface area contributed by atoms with Gasteiger partial charge in [0.15, 0.2) is 5.13 Å². The van der Waals surface area contributed by atoms with Crippen LogP contribution in [-0.4, -0.2) is 22.5 Å². The SMILES string of the molecule is CCN(Cc1ccc2nc(N)sc2c1)C1CCCC1. The maximum Gasteiger partial charge on any atom is 0.181 e. The number of rotatable bonds is 4. The second-order valence-electron chi connectivity index (χ2n) is 5.36. The molecule has 1 aliphatic carbocycles. The molecule has 3 nitrogen and oxygen atoms in total. The fraction of sp³-hybridized carbons (Fsp3) is 0.533. The van der Waals surface area contributed by atoms with Crippen LogP contribution in [0, 0.1) is 0 Å². The van der Waals surface area contributed by atoms with Crippen molar-refractivity contribution in [2.75, 3.05) is 12.3 Å². The van der Waals surface area contributed by atoms with E-state index in [2.05, 4.69) is 35.0 Å². The first kappa shape index (κ1) is 12.9. The average Bonchev–Trinajstić information content (AvgIpc) is 3.03. The first-order valence-electron chi connectivity index (χ1n) is 7.15. The number of nitrogens with two attached hydrogens (primary N) is 1. The predicted molar refractivity (Wildman–Crippen MR) is 82.4 cm³/mol. The molecule has 1 fully saturated rings. The van der Waals surface area contributed by atoms with Crippen LogP contribution < -0.4 is 5.73 Å². The van der Waals surface area contributed by atoms with Crippen LogP contribution >= 0.6 is 11.3 Å². The molecule has 0 saturated heterocycles. The Bertz CT molecular complexity index is 558. The normalized spacial score (nSPS) is 16.7. The summed E-state index contributed by atoms with van der Waals surface area (Å²) in [5.41, 5.74) is 8.17. The number of nitrogen functional groups attached to an aromatic ring is 1. The molecule has 0 spiro atoms. The van der Waals surface area contributed by atoms with Gasteiger partial charge >= 0.3 is 0 Å². The molecule has 0 radical (unpaired) electrons. The third-order valence-electron chi connectivity index (χ3n) is 4.10. The van der Waals surface area contributed by atoms with Gasteiger partial charge in [-0.05, 0) is 37.1 Å². The molecule has 1 heterocycles. The van der Waals surface area contributed by atoms with Crippen LogP contribution in [0.25, 0.3) is 10.2 Å². The molecule has 0 atom stereocenters. The first-order valence-corrected chi connectivity index (χ1v) is 7.97. The predicted octanol–water partition coefficient (Wildman–Crippen LogP) is 3.64. The smallest absolute Gasteiger partial charge is 0.181 e. The summed E-state index contributed by atoms with van der Waals surface area (Å²) in [5.74, 6) is 0. The largest absolute Gasteiger partial charge is 0.375 e. The maximum absolute atomic E-state index is 5.76. The lowest BCUT2D eigenvalue weighted by Crippen LogP contribution is -2.32. The summed E-state index contributed by atoms with van der Waals surface area (Å²) in [4.78, 5) is 6.92. The summed E-state index contributed by atoms with van der Waals surface area (Å²) in [6.07, 6.45) is 5.52. The number of hydrogen-bond acceptors (Lipinski definition) is 4. The molecule has 0 bridgehead atoms. The third kappa shape index (κ3) is 2.74. The molecule has 1 aromatic heterocycles. The molecule has 0 amide bonds. The number of anilines is 1. The van der Waals surface area contributed by atoms with E-state index in [0.717, 1.165) is 24.6 Å². The molecule has 4 heteroatoms. The van der Waals surface area contributed by atoms with Gasteiger partial charge < -0.3 is 5.73 Å². The van der Waals surface area contributed by atoms with E-state index in [1.165, 1.54) is 35.9 Å². The van der Waals surface area contributed by atoms with Gasteiger partial charge in [0, 0.05) is 12.6 Å². The van der Waals surface area contributed by atoms with Crippen molar-refractivity contribution in [1.29, 1.82) is 0 Å². The minimum atomic E-state index is 0.662. The zero-order valence-corrected chi connectivity index (χ0v) is 12.2. The van der Waals surface area contributed by atoms with E-state index in [1.54, 1.807) is 11.3 Å². The molecule has 2 aromatic rings. The minimum Gasteiger partial charge on any atom is -0.375 e. The Morgan fingerprint density at radius 2 is 2.16 bits per heavy atom. The van der Waals surface area contributed by atoms with Crippen molar-refractivity contribution in [2.45, 2.75) is 45.2 Å². The van der Waals surface area contributed by atoms with E-state index < -0.39 is 0 Å². The molecule has 102 valence electrons. The van der Waals surface area contributed by atoms with Gasteiger partial charge in [-0.3, -0.25) is 4.90 Å². The van der Waals surface area contributed by atoms with Gasteiger partial charge in [-0.2, -0.15) is 0 Å². The number of hydrogen-bond donors (Lipinski definition) is 1. The number of aromatic nitrogens is 1. The Hall–Kier alpha value is -1.13. The summed E-state index contributed by atoms with van der Waals surface area (Å²) in [5, 5.41) is 0.662. The van der Waals surface area contributed by atoms with Crippen molar-refractivity contribution in [3.05, 3.63) is 23.8 Å². The highest BCUT2D eigenvalue weighted by atomic mass is 32.1. The molecule has 0 unspecified atom stereocenters. The molecule has 1 aliphatic rings. The van der Waals surface area contributed by atoms with Crippen LogP contribution in [0.1, 0.15) is 38.2 Å². The van der Waals surface area contributed by atoms with Crippen LogP contribution in [-0.2, 0) is 6.54 Å². The third-order valence-corrected chi connectivity index (χ3v) is 4.95. The van der Waals surface area contributed by atoms with Crippen LogP contribution in [0.3, 0.4) is 0 Å². The van der Waals surface area contributed by atoms with E-state index in [1.807, 2.05) is 0 Å². The van der Waals surface area contributed by atoms with Gasteiger partial charge in [-0.15, -0.1) is 0 Å². The molecular weight excluding hydrogens is 254 g/mol. The molecular formula is C15H21N3S. The van der Waals surface area contributed by atoms with Gasteiger partial charge in [-0.25, -0.2) is 4.98 Å². The van der Waals surface area contributed by atoms with Crippen LogP contribution in [0.5, 0.6) is 0 Å².